The highest BCUT2D eigenvalue weighted by Gasteiger charge is 2.32. The van der Waals surface area contributed by atoms with Gasteiger partial charge in [-0.3, -0.25) is 0 Å². The average Bonchev–Trinajstić information content (AvgIpc) is 2.94. The highest BCUT2D eigenvalue weighted by molar-refractivity contribution is 7.91. The van der Waals surface area contributed by atoms with Crippen LogP contribution in [0.3, 0.4) is 0 Å². The Bertz CT molecular complexity index is 231. The Morgan fingerprint density at radius 3 is 2.64 bits per heavy atom. The van der Waals surface area contributed by atoms with E-state index in [9.17, 15) is 4.55 Å². The Morgan fingerprint density at radius 1 is 1.50 bits per heavy atom. The standard InChI is InChI=1S/C11H19NOS/c1-4-5-8-11(2,3)14(13)12-9-10-6-7-10/h4-5,9-10H,6-8H2,1-3H3/b5-4?,12-9+/t14-/m1/s1. The Labute approximate surface area is 89.8 Å². The molecule has 0 aromatic carbocycles. The van der Waals surface area contributed by atoms with Gasteiger partial charge >= 0.3 is 0 Å². The summed E-state index contributed by atoms with van der Waals surface area (Å²) in [4.78, 5) is 0. The van der Waals surface area contributed by atoms with E-state index in [4.69, 9.17) is 0 Å². The Kier molecular flexibility index (Phi) is 4.20. The predicted octanol–water partition coefficient (Wildman–Crippen LogP) is 2.88. The monoisotopic (exact) mass is 213 g/mol. The van der Waals surface area contributed by atoms with Crippen LogP contribution in [0.5, 0.6) is 0 Å². The van der Waals surface area contributed by atoms with Gasteiger partial charge in [-0.05, 0) is 39.5 Å². The van der Waals surface area contributed by atoms with E-state index in [0.29, 0.717) is 5.92 Å². The van der Waals surface area contributed by atoms with Gasteiger partial charge in [-0.2, -0.15) is 0 Å². The van der Waals surface area contributed by atoms with E-state index < -0.39 is 11.4 Å². The van der Waals surface area contributed by atoms with Gasteiger partial charge in [-0.15, -0.1) is 0 Å². The van der Waals surface area contributed by atoms with Crippen molar-refractivity contribution in [1.29, 1.82) is 0 Å². The third-order valence-corrected chi connectivity index (χ3v) is 3.73. The number of rotatable bonds is 5. The molecule has 1 fully saturated rings. The Hall–Kier alpha value is -0.280. The molecule has 0 aromatic rings. The van der Waals surface area contributed by atoms with E-state index in [-0.39, 0.29) is 4.75 Å². The van der Waals surface area contributed by atoms with E-state index >= 15 is 0 Å². The molecule has 2 nitrogen and oxygen atoms in total. The van der Waals surface area contributed by atoms with Crippen molar-refractivity contribution in [3.05, 3.63) is 12.2 Å². The molecule has 14 heavy (non-hydrogen) atoms. The van der Waals surface area contributed by atoms with Gasteiger partial charge in [0, 0.05) is 6.42 Å². The van der Waals surface area contributed by atoms with Crippen LogP contribution in [-0.4, -0.2) is 15.5 Å². The van der Waals surface area contributed by atoms with Gasteiger partial charge in [-0.1, -0.05) is 16.5 Å². The second kappa shape index (κ2) is 4.99. The third-order valence-electron chi connectivity index (χ3n) is 2.31. The minimum atomic E-state index is -1.09. The van der Waals surface area contributed by atoms with Gasteiger partial charge in [0.15, 0.2) is 4.75 Å². The molecule has 1 atom stereocenters. The zero-order valence-electron chi connectivity index (χ0n) is 9.19. The number of hydrogen-bond donors (Lipinski definition) is 0. The lowest BCUT2D eigenvalue weighted by Gasteiger charge is -2.21. The molecule has 0 heterocycles. The van der Waals surface area contributed by atoms with Crippen molar-refractivity contribution in [2.24, 2.45) is 10.3 Å². The van der Waals surface area contributed by atoms with Gasteiger partial charge in [0.25, 0.3) is 0 Å². The quantitative estimate of drug-likeness (QED) is 0.393. The Balaban J connectivity index is 2.42. The first-order chi connectivity index (χ1) is 6.56. The largest absolute Gasteiger partial charge is 0.591 e. The van der Waals surface area contributed by atoms with Gasteiger partial charge in [0.2, 0.25) is 0 Å². The summed E-state index contributed by atoms with van der Waals surface area (Å²) in [5.41, 5.74) is 0. The normalized spacial score (nSPS) is 20.9. The van der Waals surface area contributed by atoms with Crippen LogP contribution in [0.2, 0.25) is 0 Å². The van der Waals surface area contributed by atoms with Crippen LogP contribution in [0.15, 0.2) is 16.5 Å². The minimum Gasteiger partial charge on any atom is -0.591 e. The van der Waals surface area contributed by atoms with Crippen LogP contribution in [-0.2, 0) is 11.4 Å². The van der Waals surface area contributed by atoms with Crippen molar-refractivity contribution in [2.75, 3.05) is 0 Å². The first-order valence-corrected chi connectivity index (χ1v) is 6.24. The summed E-state index contributed by atoms with van der Waals surface area (Å²) < 4.78 is 15.7. The van der Waals surface area contributed by atoms with E-state index in [2.05, 4.69) is 4.40 Å². The summed E-state index contributed by atoms with van der Waals surface area (Å²) in [5.74, 6) is 0.608. The maximum Gasteiger partial charge on any atom is 0.151 e. The van der Waals surface area contributed by atoms with E-state index in [1.807, 2.05) is 39.1 Å². The van der Waals surface area contributed by atoms with Crippen molar-refractivity contribution in [3.8, 4) is 0 Å². The molecule has 0 aromatic heterocycles. The molecular formula is C11H19NOS. The topological polar surface area (TPSA) is 35.4 Å². The lowest BCUT2D eigenvalue weighted by Crippen LogP contribution is -2.29. The molecule has 1 saturated carbocycles. The molecule has 1 aliphatic carbocycles. The smallest absolute Gasteiger partial charge is 0.151 e. The zero-order chi connectivity index (χ0) is 10.6. The lowest BCUT2D eigenvalue weighted by atomic mass is 10.1. The summed E-state index contributed by atoms with van der Waals surface area (Å²) >= 11 is -1.09. The Morgan fingerprint density at radius 2 is 2.14 bits per heavy atom. The second-order valence-electron chi connectivity index (χ2n) is 4.37. The number of nitrogens with zero attached hydrogens (tertiary/aromatic N) is 1. The second-order valence-corrected chi connectivity index (χ2v) is 6.19. The molecule has 3 heteroatoms. The molecule has 0 unspecified atom stereocenters. The molecule has 1 rings (SSSR count). The van der Waals surface area contributed by atoms with E-state index in [1.54, 1.807) is 0 Å². The zero-order valence-corrected chi connectivity index (χ0v) is 10.0. The fourth-order valence-electron chi connectivity index (χ4n) is 1.00. The van der Waals surface area contributed by atoms with Gasteiger partial charge in [-0.25, -0.2) is 0 Å². The molecule has 1 aliphatic rings. The van der Waals surface area contributed by atoms with Crippen molar-refractivity contribution in [1.82, 2.24) is 0 Å². The van der Waals surface area contributed by atoms with Crippen LogP contribution in [0.25, 0.3) is 0 Å². The summed E-state index contributed by atoms with van der Waals surface area (Å²) in [5, 5.41) is 0. The SMILES string of the molecule is CC=CCC(C)(C)[S@@+]([O-])/N=C/C1CC1. The molecule has 0 amide bonds. The van der Waals surface area contributed by atoms with Gasteiger partial charge < -0.3 is 4.55 Å². The maximum atomic E-state index is 11.8. The van der Waals surface area contributed by atoms with Crippen molar-refractivity contribution < 1.29 is 4.55 Å². The molecule has 0 radical (unpaired) electrons. The highest BCUT2D eigenvalue weighted by Crippen LogP contribution is 2.28. The van der Waals surface area contributed by atoms with Crippen LogP contribution in [0, 0.1) is 5.92 Å². The number of allylic oxidation sites excluding steroid dienone is 2. The molecule has 0 aliphatic heterocycles. The first kappa shape index (κ1) is 11.8. The molecule has 0 bridgehead atoms. The maximum absolute atomic E-state index is 11.8. The van der Waals surface area contributed by atoms with Crippen LogP contribution < -0.4 is 0 Å². The fraction of sp³-hybridized carbons (Fsp3) is 0.727. The van der Waals surface area contributed by atoms with E-state index in [0.717, 1.165) is 6.42 Å². The molecule has 0 spiro atoms. The van der Waals surface area contributed by atoms with Crippen LogP contribution >= 0.6 is 0 Å². The van der Waals surface area contributed by atoms with Crippen molar-refractivity contribution in [3.63, 3.8) is 0 Å². The van der Waals surface area contributed by atoms with Gasteiger partial charge in [0.1, 0.15) is 11.4 Å². The molecule has 80 valence electrons. The molecule has 0 saturated heterocycles. The van der Waals surface area contributed by atoms with Crippen LogP contribution in [0.1, 0.15) is 40.0 Å². The summed E-state index contributed by atoms with van der Waals surface area (Å²) in [6.45, 7) is 5.97. The third kappa shape index (κ3) is 3.84. The van der Waals surface area contributed by atoms with Crippen molar-refractivity contribution >= 4 is 17.6 Å². The average molecular weight is 213 g/mol. The highest BCUT2D eigenvalue weighted by atomic mass is 32.2. The van der Waals surface area contributed by atoms with Gasteiger partial charge in [0.05, 0.1) is 6.21 Å². The first-order valence-electron chi connectivity index (χ1n) is 5.13. The van der Waals surface area contributed by atoms with E-state index in [1.165, 1.54) is 12.8 Å². The molecular weight excluding hydrogens is 194 g/mol. The fourth-order valence-corrected chi connectivity index (χ4v) is 1.81. The summed E-state index contributed by atoms with van der Waals surface area (Å²) in [6.07, 6.45) is 9.16. The minimum absolute atomic E-state index is 0.238. The summed E-state index contributed by atoms with van der Waals surface area (Å²) in [6, 6.07) is 0. The summed E-state index contributed by atoms with van der Waals surface area (Å²) in [7, 11) is 0. The number of hydrogen-bond acceptors (Lipinski definition) is 2. The lowest BCUT2D eigenvalue weighted by molar-refractivity contribution is 0.548. The van der Waals surface area contributed by atoms with Crippen molar-refractivity contribution in [2.45, 2.75) is 44.8 Å². The van der Waals surface area contributed by atoms with Crippen LogP contribution in [0.4, 0.5) is 0 Å². The predicted molar refractivity (Wildman–Crippen MR) is 62.9 cm³/mol. The molecule has 0 N–H and O–H groups in total.